The molecule has 1 unspecified atom stereocenters. The lowest BCUT2D eigenvalue weighted by Crippen LogP contribution is -2.48. The van der Waals surface area contributed by atoms with E-state index >= 15 is 0 Å². The lowest BCUT2D eigenvalue weighted by Gasteiger charge is -2.35. The summed E-state index contributed by atoms with van der Waals surface area (Å²) in [4.78, 5) is 39.5. The van der Waals surface area contributed by atoms with Gasteiger partial charge in [0, 0.05) is 50.6 Å². The number of amides is 1. The van der Waals surface area contributed by atoms with Crippen LogP contribution >= 0.6 is 11.8 Å². The van der Waals surface area contributed by atoms with Crippen LogP contribution in [0.5, 0.6) is 0 Å². The zero-order valence-electron chi connectivity index (χ0n) is 17.9. The van der Waals surface area contributed by atoms with Crippen LogP contribution in [0, 0.1) is 0 Å². The van der Waals surface area contributed by atoms with Gasteiger partial charge in [0.2, 0.25) is 0 Å². The summed E-state index contributed by atoms with van der Waals surface area (Å²) < 4.78 is 3.00. The molecule has 1 atom stereocenters. The second-order valence-corrected chi connectivity index (χ2v) is 9.32. The van der Waals surface area contributed by atoms with Crippen molar-refractivity contribution in [1.82, 2.24) is 24.6 Å². The normalized spacial score (nSPS) is 19.1. The molecule has 0 spiro atoms. The summed E-state index contributed by atoms with van der Waals surface area (Å²) in [5, 5.41) is 7.55. The Morgan fingerprint density at radius 2 is 2.16 bits per heavy atom. The van der Waals surface area contributed by atoms with E-state index in [4.69, 9.17) is 0 Å². The molecule has 0 radical (unpaired) electrons. The predicted molar refractivity (Wildman–Crippen MR) is 122 cm³/mol. The number of aryl methyl sites for hydroxylation is 2. The number of nitrogens with zero attached hydrogens (tertiary/aromatic N) is 4. The van der Waals surface area contributed by atoms with Gasteiger partial charge in [-0.05, 0) is 42.8 Å². The van der Waals surface area contributed by atoms with Crippen LogP contribution in [-0.2, 0) is 25.8 Å². The molecule has 4 heterocycles. The van der Waals surface area contributed by atoms with Crippen LogP contribution in [0.25, 0.3) is 0 Å². The molecule has 0 saturated carbocycles. The van der Waals surface area contributed by atoms with Gasteiger partial charge < -0.3 is 9.88 Å². The van der Waals surface area contributed by atoms with Crippen molar-refractivity contribution in [2.24, 2.45) is 7.05 Å². The van der Waals surface area contributed by atoms with Gasteiger partial charge in [0.05, 0.1) is 12.2 Å². The van der Waals surface area contributed by atoms with Crippen LogP contribution in [-0.4, -0.2) is 56.6 Å². The Balaban J connectivity index is 1.38. The summed E-state index contributed by atoms with van der Waals surface area (Å²) in [6.07, 6.45) is 5.75. The van der Waals surface area contributed by atoms with Crippen molar-refractivity contribution in [2.45, 2.75) is 44.0 Å². The average Bonchev–Trinajstić information content (AvgIpc) is 2.78. The molecule has 1 saturated heterocycles. The van der Waals surface area contributed by atoms with Gasteiger partial charge in [-0.3, -0.25) is 19.3 Å². The number of piperidine rings is 1. The molecule has 2 aliphatic rings. The minimum absolute atomic E-state index is 0.0389. The third kappa shape index (κ3) is 5.10. The minimum Gasteiger partial charge on any atom is -0.350 e. The predicted octanol–water partition coefficient (Wildman–Crippen LogP) is 1.02. The van der Waals surface area contributed by atoms with Gasteiger partial charge in [0.1, 0.15) is 5.56 Å². The highest BCUT2D eigenvalue weighted by molar-refractivity contribution is 7.98. The number of hydrogen-bond acceptors (Lipinski definition) is 6. The zero-order valence-corrected chi connectivity index (χ0v) is 18.7. The Hall–Kier alpha value is -2.39. The molecule has 4 rings (SSSR count). The van der Waals surface area contributed by atoms with E-state index in [1.54, 1.807) is 36.1 Å². The molecule has 1 N–H and O–H groups in total. The molecule has 1 amide bonds. The molecular formula is C22H29N5O3S. The number of nitrogens with one attached hydrogen (secondary N) is 1. The van der Waals surface area contributed by atoms with Crippen molar-refractivity contribution in [3.63, 3.8) is 0 Å². The first-order valence-corrected chi connectivity index (χ1v) is 12.0. The SMILES string of the molecule is Cn1cccc(C(=O)NCC2CCCCN2CCn2nc3c(cc2=O)CSCC3)c1=O. The van der Waals surface area contributed by atoms with E-state index in [0.29, 0.717) is 19.6 Å². The van der Waals surface area contributed by atoms with E-state index in [1.807, 2.05) is 11.8 Å². The highest BCUT2D eigenvalue weighted by atomic mass is 32.2. The quantitative estimate of drug-likeness (QED) is 0.717. The minimum atomic E-state index is -0.336. The van der Waals surface area contributed by atoms with Crippen LogP contribution < -0.4 is 16.4 Å². The molecule has 31 heavy (non-hydrogen) atoms. The van der Waals surface area contributed by atoms with Crippen molar-refractivity contribution in [3.8, 4) is 0 Å². The number of likely N-dealkylation sites (tertiary alicyclic amines) is 1. The molecule has 8 nitrogen and oxygen atoms in total. The first-order chi connectivity index (χ1) is 15.0. The number of carbonyl (C=O) groups excluding carboxylic acids is 1. The van der Waals surface area contributed by atoms with Gasteiger partial charge in [-0.25, -0.2) is 4.68 Å². The Morgan fingerprint density at radius 3 is 3.03 bits per heavy atom. The summed E-state index contributed by atoms with van der Waals surface area (Å²) >= 11 is 1.84. The van der Waals surface area contributed by atoms with E-state index in [-0.39, 0.29) is 28.6 Å². The standard InChI is InChI=1S/C22H29N5O3S/c1-25-8-4-6-18(22(25)30)21(29)23-14-17-5-2-3-9-26(17)10-11-27-20(28)13-16-15-31-12-7-19(16)24-27/h4,6,8,13,17H,2-3,5,7,9-12,14-15H2,1H3,(H,23,29). The lowest BCUT2D eigenvalue weighted by molar-refractivity contribution is 0.0907. The topological polar surface area (TPSA) is 89.2 Å². The Bertz CT molecular complexity index is 1060. The van der Waals surface area contributed by atoms with Gasteiger partial charge in [-0.2, -0.15) is 16.9 Å². The molecule has 0 bridgehead atoms. The van der Waals surface area contributed by atoms with Crippen molar-refractivity contribution in [3.05, 3.63) is 61.9 Å². The monoisotopic (exact) mass is 443 g/mol. The molecule has 0 aliphatic carbocycles. The molecule has 2 aliphatic heterocycles. The number of fused-ring (bicyclic) bond motifs is 1. The van der Waals surface area contributed by atoms with E-state index in [0.717, 1.165) is 55.0 Å². The van der Waals surface area contributed by atoms with Crippen LogP contribution in [0.2, 0.25) is 0 Å². The molecule has 2 aromatic heterocycles. The third-order valence-corrected chi connectivity index (χ3v) is 7.13. The number of aromatic nitrogens is 3. The van der Waals surface area contributed by atoms with Crippen LogP contribution in [0.15, 0.2) is 34.0 Å². The van der Waals surface area contributed by atoms with Crippen molar-refractivity contribution >= 4 is 17.7 Å². The van der Waals surface area contributed by atoms with Gasteiger partial charge in [-0.1, -0.05) is 6.42 Å². The van der Waals surface area contributed by atoms with Crippen molar-refractivity contribution in [1.29, 1.82) is 0 Å². The van der Waals surface area contributed by atoms with Crippen molar-refractivity contribution < 1.29 is 4.79 Å². The van der Waals surface area contributed by atoms with Gasteiger partial charge in [-0.15, -0.1) is 0 Å². The largest absolute Gasteiger partial charge is 0.350 e. The zero-order chi connectivity index (χ0) is 21.8. The van der Waals surface area contributed by atoms with E-state index in [2.05, 4.69) is 15.3 Å². The molecular weight excluding hydrogens is 414 g/mol. The highest BCUT2D eigenvalue weighted by Crippen LogP contribution is 2.21. The van der Waals surface area contributed by atoms with Gasteiger partial charge >= 0.3 is 0 Å². The second kappa shape index (κ2) is 9.82. The van der Waals surface area contributed by atoms with E-state index in [1.165, 1.54) is 4.57 Å². The average molecular weight is 444 g/mol. The number of thioether (sulfide) groups is 1. The molecule has 9 heteroatoms. The van der Waals surface area contributed by atoms with Crippen LogP contribution in [0.3, 0.4) is 0 Å². The number of pyridine rings is 1. The van der Waals surface area contributed by atoms with Gasteiger partial charge in [0.25, 0.3) is 17.0 Å². The summed E-state index contributed by atoms with van der Waals surface area (Å²) in [5.41, 5.74) is 1.95. The summed E-state index contributed by atoms with van der Waals surface area (Å²) in [7, 11) is 1.64. The Kier molecular flexibility index (Phi) is 6.92. The molecule has 2 aromatic rings. The van der Waals surface area contributed by atoms with Crippen molar-refractivity contribution in [2.75, 3.05) is 25.4 Å². The maximum absolute atomic E-state index is 12.5. The molecule has 166 valence electrons. The fraction of sp³-hybridized carbons (Fsp3) is 0.545. The summed E-state index contributed by atoms with van der Waals surface area (Å²) in [6.45, 7) is 2.68. The lowest BCUT2D eigenvalue weighted by atomic mass is 10.0. The van der Waals surface area contributed by atoms with E-state index < -0.39 is 0 Å². The number of hydrogen-bond donors (Lipinski definition) is 1. The molecule has 0 aromatic carbocycles. The van der Waals surface area contributed by atoms with E-state index in [9.17, 15) is 14.4 Å². The van der Waals surface area contributed by atoms with Crippen LogP contribution in [0.4, 0.5) is 0 Å². The Morgan fingerprint density at radius 1 is 1.29 bits per heavy atom. The first kappa shape index (κ1) is 21.8. The number of carbonyl (C=O) groups is 1. The first-order valence-electron chi connectivity index (χ1n) is 10.9. The Labute approximate surface area is 185 Å². The highest BCUT2D eigenvalue weighted by Gasteiger charge is 2.24. The smallest absolute Gasteiger partial charge is 0.267 e. The maximum atomic E-state index is 12.5. The number of rotatable bonds is 6. The van der Waals surface area contributed by atoms with Gasteiger partial charge in [0.15, 0.2) is 0 Å². The maximum Gasteiger partial charge on any atom is 0.267 e. The molecule has 1 fully saturated rings. The summed E-state index contributed by atoms with van der Waals surface area (Å²) in [5.74, 6) is 1.59. The second-order valence-electron chi connectivity index (χ2n) is 8.21. The fourth-order valence-corrected chi connectivity index (χ4v) is 5.25. The third-order valence-electron chi connectivity index (χ3n) is 6.12. The van der Waals surface area contributed by atoms with Crippen LogP contribution in [0.1, 0.15) is 40.9 Å². The fourth-order valence-electron chi connectivity index (χ4n) is 4.30. The summed E-state index contributed by atoms with van der Waals surface area (Å²) in [6, 6.07) is 5.19.